The van der Waals surface area contributed by atoms with E-state index in [-0.39, 0.29) is 23.9 Å². The number of ether oxygens (including phenoxy) is 1. The predicted molar refractivity (Wildman–Crippen MR) is 139 cm³/mol. The summed E-state index contributed by atoms with van der Waals surface area (Å²) < 4.78 is 32.4. The number of aromatic amines is 1. The second kappa shape index (κ2) is 10.4. The van der Waals surface area contributed by atoms with Crippen molar-refractivity contribution in [2.45, 2.75) is 58.5 Å². The largest absolute Gasteiger partial charge is 0.408 e. The lowest BCUT2D eigenvalue weighted by molar-refractivity contribution is 0.0900. The number of benzene rings is 1. The van der Waals surface area contributed by atoms with Gasteiger partial charge in [-0.3, -0.25) is 4.79 Å². The van der Waals surface area contributed by atoms with Gasteiger partial charge in [-0.1, -0.05) is 36.1 Å². The van der Waals surface area contributed by atoms with Crippen molar-refractivity contribution in [1.82, 2.24) is 30.6 Å². The molecule has 1 aliphatic carbocycles. The van der Waals surface area contributed by atoms with Crippen LogP contribution in [0.25, 0.3) is 11.0 Å². The lowest BCUT2D eigenvalue weighted by Crippen LogP contribution is -2.40. The number of rotatable bonds is 6. The lowest BCUT2D eigenvalue weighted by atomic mass is 9.79. The molecule has 2 aliphatic rings. The van der Waals surface area contributed by atoms with Crippen LogP contribution in [-0.4, -0.2) is 51.0 Å². The number of aromatic nitrogens is 5. The number of amides is 1. The fraction of sp³-hybridized carbons (Fsp3) is 0.519. The van der Waals surface area contributed by atoms with Gasteiger partial charge in [-0.25, -0.2) is 9.37 Å². The average molecular weight is 538 g/mol. The van der Waals surface area contributed by atoms with Crippen LogP contribution in [0.3, 0.4) is 0 Å². The third-order valence-electron chi connectivity index (χ3n) is 8.00. The van der Waals surface area contributed by atoms with E-state index in [0.717, 1.165) is 25.7 Å². The predicted octanol–water partition coefficient (Wildman–Crippen LogP) is 4.57. The highest BCUT2D eigenvalue weighted by atomic mass is 19.1. The quantitative estimate of drug-likeness (QED) is 0.363. The number of nitrogens with zero attached hydrogens (tertiary/aromatic N) is 5. The first-order chi connectivity index (χ1) is 18.9. The van der Waals surface area contributed by atoms with Gasteiger partial charge in [0, 0.05) is 19.0 Å². The van der Waals surface area contributed by atoms with Gasteiger partial charge in [0.1, 0.15) is 23.2 Å². The summed E-state index contributed by atoms with van der Waals surface area (Å²) in [6.07, 6.45) is 5.36. The SMILES string of the molecule is Cc1nnc(N2CCOCC2c2ccc3[nH]c(C(NC(=O)c4conc4C)C4CCC(C)CC4)nc3c2F)o1. The van der Waals surface area contributed by atoms with Crippen LogP contribution in [0.2, 0.25) is 0 Å². The molecule has 1 saturated carbocycles. The summed E-state index contributed by atoms with van der Waals surface area (Å²) in [5, 5.41) is 15.0. The molecule has 4 heterocycles. The van der Waals surface area contributed by atoms with Gasteiger partial charge in [-0.05, 0) is 37.7 Å². The maximum absolute atomic E-state index is 16.1. The number of H-pyrrole nitrogens is 1. The zero-order valence-corrected chi connectivity index (χ0v) is 22.2. The fourth-order valence-corrected chi connectivity index (χ4v) is 5.73. The van der Waals surface area contributed by atoms with E-state index < -0.39 is 17.9 Å². The van der Waals surface area contributed by atoms with Gasteiger partial charge in [-0.2, -0.15) is 0 Å². The van der Waals surface area contributed by atoms with E-state index in [1.165, 1.54) is 6.26 Å². The molecule has 11 nitrogen and oxygen atoms in total. The Morgan fingerprint density at radius 1 is 1.21 bits per heavy atom. The monoisotopic (exact) mass is 537 g/mol. The number of carbonyl (C=O) groups is 1. The Balaban J connectivity index is 1.35. The number of aryl methyl sites for hydroxylation is 2. The Bertz CT molecular complexity index is 1470. The molecular weight excluding hydrogens is 505 g/mol. The first-order valence-corrected chi connectivity index (χ1v) is 13.4. The molecule has 4 aromatic rings. The number of morpholine rings is 1. The van der Waals surface area contributed by atoms with Crippen LogP contribution < -0.4 is 10.2 Å². The molecule has 1 amide bonds. The highest BCUT2D eigenvalue weighted by Gasteiger charge is 2.34. The molecule has 2 atom stereocenters. The van der Waals surface area contributed by atoms with Crippen LogP contribution in [0.5, 0.6) is 0 Å². The molecule has 2 fully saturated rings. The Labute approximate surface area is 224 Å². The van der Waals surface area contributed by atoms with Crippen molar-refractivity contribution in [2.24, 2.45) is 11.8 Å². The average Bonchev–Trinajstić information content (AvgIpc) is 3.68. The number of hydrogen-bond donors (Lipinski definition) is 2. The first kappa shape index (κ1) is 25.5. The number of fused-ring (bicyclic) bond motifs is 1. The zero-order chi connectivity index (χ0) is 27.1. The molecule has 0 bridgehead atoms. The van der Waals surface area contributed by atoms with Gasteiger partial charge < -0.3 is 28.9 Å². The normalized spacial score (nSPS) is 22.8. The molecule has 1 aliphatic heterocycles. The molecule has 3 aromatic heterocycles. The van der Waals surface area contributed by atoms with E-state index in [2.05, 4.69) is 32.6 Å². The molecule has 2 N–H and O–H groups in total. The summed E-state index contributed by atoms with van der Waals surface area (Å²) >= 11 is 0. The summed E-state index contributed by atoms with van der Waals surface area (Å²) in [7, 11) is 0. The fourth-order valence-electron chi connectivity index (χ4n) is 5.73. The molecule has 206 valence electrons. The van der Waals surface area contributed by atoms with Crippen molar-refractivity contribution >= 4 is 23.0 Å². The third-order valence-corrected chi connectivity index (χ3v) is 8.00. The van der Waals surface area contributed by atoms with Crippen molar-refractivity contribution < 1.29 is 22.9 Å². The van der Waals surface area contributed by atoms with E-state index >= 15 is 4.39 Å². The third kappa shape index (κ3) is 4.88. The van der Waals surface area contributed by atoms with E-state index in [0.29, 0.717) is 59.1 Å². The van der Waals surface area contributed by atoms with Gasteiger partial charge in [0.25, 0.3) is 5.91 Å². The molecule has 12 heteroatoms. The van der Waals surface area contributed by atoms with E-state index in [4.69, 9.17) is 18.7 Å². The Hall–Kier alpha value is -3.80. The molecule has 1 saturated heterocycles. The molecular formula is C27H32FN7O4. The molecule has 0 spiro atoms. The summed E-state index contributed by atoms with van der Waals surface area (Å²) in [6.45, 7) is 6.93. The minimum absolute atomic E-state index is 0.163. The van der Waals surface area contributed by atoms with Crippen LogP contribution in [0, 0.1) is 31.5 Å². The van der Waals surface area contributed by atoms with Crippen LogP contribution >= 0.6 is 0 Å². The first-order valence-electron chi connectivity index (χ1n) is 13.4. The number of anilines is 1. The second-order valence-corrected chi connectivity index (χ2v) is 10.7. The molecule has 6 rings (SSSR count). The van der Waals surface area contributed by atoms with Crippen molar-refractivity contribution in [3.63, 3.8) is 0 Å². The van der Waals surface area contributed by atoms with Gasteiger partial charge in [0.2, 0.25) is 5.89 Å². The maximum atomic E-state index is 16.1. The van der Waals surface area contributed by atoms with E-state index in [1.54, 1.807) is 19.9 Å². The number of imidazole rings is 1. The summed E-state index contributed by atoms with van der Waals surface area (Å²) in [6, 6.07) is 3.04. The minimum atomic E-state index is -0.449. The van der Waals surface area contributed by atoms with Crippen LogP contribution in [0.4, 0.5) is 10.4 Å². The number of halogens is 1. The number of nitrogens with one attached hydrogen (secondary N) is 2. The van der Waals surface area contributed by atoms with Crippen LogP contribution in [0.15, 0.2) is 27.3 Å². The van der Waals surface area contributed by atoms with Crippen molar-refractivity contribution in [1.29, 1.82) is 0 Å². The van der Waals surface area contributed by atoms with Gasteiger partial charge >= 0.3 is 6.01 Å². The van der Waals surface area contributed by atoms with Crippen LogP contribution in [-0.2, 0) is 4.74 Å². The lowest BCUT2D eigenvalue weighted by Gasteiger charge is -2.34. The van der Waals surface area contributed by atoms with Gasteiger partial charge in [-0.15, -0.1) is 5.10 Å². The highest BCUT2D eigenvalue weighted by Crippen LogP contribution is 2.38. The van der Waals surface area contributed by atoms with E-state index in [1.807, 2.05) is 11.0 Å². The smallest absolute Gasteiger partial charge is 0.318 e. The molecule has 39 heavy (non-hydrogen) atoms. The Morgan fingerprint density at radius 3 is 2.74 bits per heavy atom. The maximum Gasteiger partial charge on any atom is 0.318 e. The number of carbonyl (C=O) groups excluding carboxylic acids is 1. The summed E-state index contributed by atoms with van der Waals surface area (Å²) in [5.74, 6) is 1.04. The minimum Gasteiger partial charge on any atom is -0.408 e. The Morgan fingerprint density at radius 2 is 2.03 bits per heavy atom. The molecule has 0 radical (unpaired) electrons. The zero-order valence-electron chi connectivity index (χ0n) is 22.2. The summed E-state index contributed by atoms with van der Waals surface area (Å²) in [4.78, 5) is 23.1. The van der Waals surface area contributed by atoms with Crippen molar-refractivity contribution in [3.05, 3.63) is 52.7 Å². The summed E-state index contributed by atoms with van der Waals surface area (Å²) in [5.41, 5.74) is 2.11. The standard InChI is InChI=1S/C27H32FN7O4/c1-14-4-6-17(7-5-14)23(31-26(36)19-12-38-34-15(19)2)25-29-20-9-8-18(22(28)24(20)30-25)21-13-37-11-10-35(21)27-33-32-16(3)39-27/h8-9,12,14,17,21,23H,4-7,10-11,13H2,1-3H3,(H,29,30)(H,31,36). The second-order valence-electron chi connectivity index (χ2n) is 10.7. The molecule has 2 unspecified atom stereocenters. The Kier molecular flexibility index (Phi) is 6.79. The number of hydrogen-bond acceptors (Lipinski definition) is 9. The van der Waals surface area contributed by atoms with Crippen LogP contribution in [0.1, 0.15) is 78.0 Å². The van der Waals surface area contributed by atoms with E-state index in [9.17, 15) is 4.79 Å². The van der Waals surface area contributed by atoms with Crippen molar-refractivity contribution in [2.75, 3.05) is 24.7 Å². The van der Waals surface area contributed by atoms with Gasteiger partial charge in [0.15, 0.2) is 5.82 Å². The van der Waals surface area contributed by atoms with Crippen molar-refractivity contribution in [3.8, 4) is 0 Å². The molecule has 1 aromatic carbocycles. The van der Waals surface area contributed by atoms with Gasteiger partial charge in [0.05, 0.1) is 36.5 Å². The highest BCUT2D eigenvalue weighted by molar-refractivity contribution is 5.95. The topological polar surface area (TPSA) is 135 Å².